The molecule has 0 aliphatic rings. The number of nitro benzene ring substituents is 1. The molecule has 0 unspecified atom stereocenters. The molecular formula is C16H10BrN3O4. The molecular weight excluding hydrogens is 378 g/mol. The Kier molecular flexibility index (Phi) is 4.13. The number of fused-ring (bicyclic) bond motifs is 1. The number of anilines is 1. The van der Waals surface area contributed by atoms with Gasteiger partial charge in [0.15, 0.2) is 0 Å². The molecule has 1 heterocycles. The maximum atomic E-state index is 12.4. The number of carbonyl (C=O) groups excluding carboxylic acids is 1. The van der Waals surface area contributed by atoms with E-state index in [1.807, 2.05) is 0 Å². The van der Waals surface area contributed by atoms with E-state index < -0.39 is 10.8 Å². The molecule has 2 aromatic carbocycles. The Bertz CT molecular complexity index is 1030. The van der Waals surface area contributed by atoms with Crippen LogP contribution in [0.25, 0.3) is 11.0 Å². The van der Waals surface area contributed by atoms with Gasteiger partial charge >= 0.3 is 0 Å². The van der Waals surface area contributed by atoms with Gasteiger partial charge in [0.1, 0.15) is 11.1 Å². The second-order valence-electron chi connectivity index (χ2n) is 4.93. The van der Waals surface area contributed by atoms with Gasteiger partial charge in [-0.2, -0.15) is 0 Å². The molecule has 3 aromatic rings. The van der Waals surface area contributed by atoms with E-state index in [1.54, 1.807) is 24.3 Å². The summed E-state index contributed by atoms with van der Waals surface area (Å²) in [6.45, 7) is 0. The average molecular weight is 388 g/mol. The van der Waals surface area contributed by atoms with Crippen LogP contribution in [0.2, 0.25) is 0 Å². The summed E-state index contributed by atoms with van der Waals surface area (Å²) >= 11 is 3.33. The number of benzene rings is 2. The highest BCUT2D eigenvalue weighted by molar-refractivity contribution is 9.10. The molecule has 0 aliphatic carbocycles. The van der Waals surface area contributed by atoms with Gasteiger partial charge in [-0.05, 0) is 30.3 Å². The highest BCUT2D eigenvalue weighted by atomic mass is 79.9. The zero-order valence-electron chi connectivity index (χ0n) is 12.1. The van der Waals surface area contributed by atoms with E-state index in [0.29, 0.717) is 11.0 Å². The van der Waals surface area contributed by atoms with Gasteiger partial charge in [-0.3, -0.25) is 20.3 Å². The van der Waals surface area contributed by atoms with E-state index >= 15 is 0 Å². The maximum absolute atomic E-state index is 12.4. The van der Waals surface area contributed by atoms with Crippen molar-refractivity contribution < 1.29 is 14.1 Å². The van der Waals surface area contributed by atoms with Crippen molar-refractivity contribution >= 4 is 44.2 Å². The van der Waals surface area contributed by atoms with Crippen LogP contribution in [0, 0.1) is 15.5 Å². The minimum atomic E-state index is -0.578. The lowest BCUT2D eigenvalue weighted by atomic mass is 10.1. The molecule has 0 bridgehead atoms. The summed E-state index contributed by atoms with van der Waals surface area (Å²) < 4.78 is 6.16. The van der Waals surface area contributed by atoms with Gasteiger partial charge in [0.05, 0.1) is 4.92 Å². The van der Waals surface area contributed by atoms with Crippen LogP contribution in [0.1, 0.15) is 10.4 Å². The molecule has 3 rings (SSSR count). The Balaban J connectivity index is 1.96. The summed E-state index contributed by atoms with van der Waals surface area (Å²) in [4.78, 5) is 22.6. The predicted octanol–water partition coefficient (Wildman–Crippen LogP) is 3.84. The average Bonchev–Trinajstić information content (AvgIpc) is 2.54. The number of nitro groups is 1. The third-order valence-corrected chi connectivity index (χ3v) is 3.78. The van der Waals surface area contributed by atoms with Crippen LogP contribution >= 0.6 is 15.9 Å². The minimum absolute atomic E-state index is 0.0344. The SMILES string of the molecule is N=c1oc2ccc(Br)cc2cc1C(=O)Nc1cccc([N+](=O)[O-])c1. The van der Waals surface area contributed by atoms with E-state index in [2.05, 4.69) is 21.2 Å². The van der Waals surface area contributed by atoms with Crippen molar-refractivity contribution in [2.75, 3.05) is 5.32 Å². The summed E-state index contributed by atoms with van der Waals surface area (Å²) in [6.07, 6.45) is 0. The fraction of sp³-hybridized carbons (Fsp3) is 0. The Labute approximate surface area is 143 Å². The number of amides is 1. The topological polar surface area (TPSA) is 109 Å². The van der Waals surface area contributed by atoms with Gasteiger partial charge in [-0.15, -0.1) is 0 Å². The first-order valence-electron chi connectivity index (χ1n) is 6.78. The second kappa shape index (κ2) is 6.25. The number of halogens is 1. The van der Waals surface area contributed by atoms with Crippen molar-refractivity contribution in [1.29, 1.82) is 5.41 Å². The second-order valence-corrected chi connectivity index (χ2v) is 5.85. The molecule has 0 atom stereocenters. The first-order valence-corrected chi connectivity index (χ1v) is 7.57. The molecule has 8 heteroatoms. The van der Waals surface area contributed by atoms with Gasteiger partial charge in [0.25, 0.3) is 11.6 Å². The van der Waals surface area contributed by atoms with Crippen LogP contribution in [0.4, 0.5) is 11.4 Å². The van der Waals surface area contributed by atoms with E-state index in [0.717, 1.165) is 4.47 Å². The van der Waals surface area contributed by atoms with E-state index in [1.165, 1.54) is 24.3 Å². The molecule has 2 N–H and O–H groups in total. The Morgan fingerprint density at radius 2 is 2.00 bits per heavy atom. The predicted molar refractivity (Wildman–Crippen MR) is 90.8 cm³/mol. The number of rotatable bonds is 3. The van der Waals surface area contributed by atoms with Crippen molar-refractivity contribution in [1.82, 2.24) is 0 Å². The van der Waals surface area contributed by atoms with Crippen molar-refractivity contribution in [3.63, 3.8) is 0 Å². The van der Waals surface area contributed by atoms with Gasteiger partial charge in [-0.25, -0.2) is 0 Å². The van der Waals surface area contributed by atoms with Crippen molar-refractivity contribution in [2.45, 2.75) is 0 Å². The van der Waals surface area contributed by atoms with Crippen molar-refractivity contribution in [2.24, 2.45) is 0 Å². The van der Waals surface area contributed by atoms with Crippen LogP contribution in [-0.4, -0.2) is 10.8 Å². The van der Waals surface area contributed by atoms with Crippen LogP contribution < -0.4 is 10.9 Å². The largest absolute Gasteiger partial charge is 0.438 e. The molecule has 0 saturated heterocycles. The molecule has 1 aromatic heterocycles. The summed E-state index contributed by atoms with van der Waals surface area (Å²) in [5.74, 6) is -0.578. The normalized spacial score (nSPS) is 10.5. The smallest absolute Gasteiger partial charge is 0.271 e. The Morgan fingerprint density at radius 3 is 2.75 bits per heavy atom. The number of nitrogens with one attached hydrogen (secondary N) is 2. The van der Waals surface area contributed by atoms with Crippen molar-refractivity contribution in [3.05, 3.63) is 74.2 Å². The molecule has 1 amide bonds. The lowest BCUT2D eigenvalue weighted by molar-refractivity contribution is -0.384. The molecule has 7 nitrogen and oxygen atoms in total. The zero-order chi connectivity index (χ0) is 17.3. The van der Waals surface area contributed by atoms with Crippen LogP contribution in [0.5, 0.6) is 0 Å². The lowest BCUT2D eigenvalue weighted by Crippen LogP contribution is -2.20. The number of hydrogen-bond donors (Lipinski definition) is 2. The van der Waals surface area contributed by atoms with Crippen LogP contribution in [0.15, 0.2) is 57.4 Å². The highest BCUT2D eigenvalue weighted by Gasteiger charge is 2.14. The standard InChI is InChI=1S/C16H10BrN3O4/c17-10-4-5-14-9(6-10)7-13(15(18)24-14)16(21)19-11-2-1-3-12(8-11)20(22)23/h1-8,18H,(H,19,21). The monoisotopic (exact) mass is 387 g/mol. The molecule has 0 fully saturated rings. The van der Waals surface area contributed by atoms with Gasteiger partial charge < -0.3 is 9.73 Å². The molecule has 24 heavy (non-hydrogen) atoms. The fourth-order valence-corrected chi connectivity index (χ4v) is 2.55. The van der Waals surface area contributed by atoms with Crippen LogP contribution in [0.3, 0.4) is 0 Å². The Hall–Kier alpha value is -3.00. The summed E-state index contributed by atoms with van der Waals surface area (Å²) in [5, 5.41) is 21.8. The number of non-ortho nitro benzene ring substituents is 1. The summed E-state index contributed by atoms with van der Waals surface area (Å²) in [7, 11) is 0. The molecule has 0 aliphatic heterocycles. The molecule has 0 saturated carbocycles. The third kappa shape index (κ3) is 3.18. The zero-order valence-corrected chi connectivity index (χ0v) is 13.7. The quantitative estimate of drug-likeness (QED) is 0.525. The molecule has 0 spiro atoms. The van der Waals surface area contributed by atoms with E-state index in [4.69, 9.17) is 9.83 Å². The van der Waals surface area contributed by atoms with Gasteiger partial charge in [0, 0.05) is 27.7 Å². The van der Waals surface area contributed by atoms with E-state index in [9.17, 15) is 14.9 Å². The van der Waals surface area contributed by atoms with E-state index in [-0.39, 0.29) is 22.5 Å². The third-order valence-electron chi connectivity index (χ3n) is 3.29. The minimum Gasteiger partial charge on any atom is -0.438 e. The van der Waals surface area contributed by atoms with Gasteiger partial charge in [-0.1, -0.05) is 22.0 Å². The lowest BCUT2D eigenvalue weighted by Gasteiger charge is -2.06. The fourth-order valence-electron chi connectivity index (χ4n) is 2.18. The van der Waals surface area contributed by atoms with Gasteiger partial charge in [0.2, 0.25) is 5.55 Å². The highest BCUT2D eigenvalue weighted by Crippen LogP contribution is 2.21. The van der Waals surface area contributed by atoms with Crippen LogP contribution in [-0.2, 0) is 0 Å². The summed E-state index contributed by atoms with van der Waals surface area (Å²) in [5.41, 5.74) is 0.365. The first-order chi connectivity index (χ1) is 11.4. The number of hydrogen-bond acceptors (Lipinski definition) is 5. The molecule has 0 radical (unpaired) electrons. The maximum Gasteiger partial charge on any atom is 0.271 e. The molecule has 120 valence electrons. The first kappa shape index (κ1) is 15.9. The summed E-state index contributed by atoms with van der Waals surface area (Å²) in [6, 6.07) is 12.3. The number of nitrogens with zero attached hydrogens (tertiary/aromatic N) is 1. The van der Waals surface area contributed by atoms with Crippen molar-refractivity contribution in [3.8, 4) is 0 Å². The number of carbonyl (C=O) groups is 1. The Morgan fingerprint density at radius 1 is 1.21 bits per heavy atom.